The van der Waals surface area contributed by atoms with Crippen molar-refractivity contribution in [1.82, 2.24) is 15.1 Å². The largest absolute Gasteiger partial charge is 0.493 e. The predicted molar refractivity (Wildman–Crippen MR) is 187 cm³/mol. The summed E-state index contributed by atoms with van der Waals surface area (Å²) in [6, 6.07) is 13.4. The molecule has 0 saturated carbocycles. The van der Waals surface area contributed by atoms with E-state index in [0.29, 0.717) is 32.4 Å². The Hall–Kier alpha value is -4.74. The van der Waals surface area contributed by atoms with Crippen molar-refractivity contribution in [3.05, 3.63) is 99.6 Å². The third-order valence-corrected chi connectivity index (χ3v) is 9.20. The number of rotatable bonds is 14. The van der Waals surface area contributed by atoms with E-state index in [-0.39, 0.29) is 41.6 Å². The zero-order valence-electron chi connectivity index (χ0n) is 27.7. The number of nitrogens with one attached hydrogen (secondary N) is 1. The molecule has 1 aromatic heterocycles. The number of nitrogens with zero attached hydrogens (tertiary/aromatic N) is 3. The highest BCUT2D eigenvalue weighted by atomic mass is 35.5. The third-order valence-electron chi connectivity index (χ3n) is 8.86. The maximum Gasteiger partial charge on any atom is 0.320 e. The summed E-state index contributed by atoms with van der Waals surface area (Å²) in [6.45, 7) is 5.43. The second kappa shape index (κ2) is 16.1. The zero-order chi connectivity index (χ0) is 35.1. The van der Waals surface area contributed by atoms with E-state index in [1.807, 2.05) is 61.3 Å². The Morgan fingerprint density at radius 2 is 1.94 bits per heavy atom. The van der Waals surface area contributed by atoms with Crippen molar-refractivity contribution in [1.29, 1.82) is 0 Å². The van der Waals surface area contributed by atoms with Crippen LogP contribution in [0.25, 0.3) is 11.1 Å². The number of hydrogen-bond acceptors (Lipinski definition) is 6. The van der Waals surface area contributed by atoms with Crippen LogP contribution in [-0.4, -0.2) is 58.4 Å². The van der Waals surface area contributed by atoms with Crippen LogP contribution >= 0.6 is 11.6 Å². The highest BCUT2D eigenvalue weighted by Crippen LogP contribution is 2.36. The van der Waals surface area contributed by atoms with Gasteiger partial charge in [-0.05, 0) is 92.5 Å². The second-order valence-corrected chi connectivity index (χ2v) is 12.7. The van der Waals surface area contributed by atoms with E-state index in [0.717, 1.165) is 52.6 Å². The smallest absolute Gasteiger partial charge is 0.320 e. The number of hydrogen-bond donors (Lipinski definition) is 3. The number of aromatic nitrogens is 2. The number of carboxylic acid groups (broad SMARTS) is 1. The molecule has 0 aliphatic carbocycles. The number of anilines is 1. The molecule has 0 fully saturated rings. The molecule has 12 heteroatoms. The van der Waals surface area contributed by atoms with Gasteiger partial charge in [0.1, 0.15) is 17.6 Å². The van der Waals surface area contributed by atoms with Gasteiger partial charge in [-0.2, -0.15) is 5.10 Å². The summed E-state index contributed by atoms with van der Waals surface area (Å²) >= 11 is 6.43. The first-order chi connectivity index (χ1) is 23.5. The maximum absolute atomic E-state index is 15.2. The number of fused-ring (bicyclic) bond motifs is 1. The number of carbonyl (C=O) groups is 3. The number of nitrogens with two attached hydrogens (primary N) is 1. The molecule has 0 unspecified atom stereocenters. The van der Waals surface area contributed by atoms with E-state index in [1.165, 1.54) is 11.6 Å². The maximum atomic E-state index is 15.2. The summed E-state index contributed by atoms with van der Waals surface area (Å²) in [5.74, 6) is -1.37. The van der Waals surface area contributed by atoms with Crippen LogP contribution in [0.1, 0.15) is 64.7 Å². The summed E-state index contributed by atoms with van der Waals surface area (Å²) in [4.78, 5) is 38.6. The first-order valence-corrected chi connectivity index (χ1v) is 16.8. The number of aliphatic carboxylic acids is 1. The first-order valence-electron chi connectivity index (χ1n) is 16.4. The fourth-order valence-corrected chi connectivity index (χ4v) is 6.23. The number of halogens is 2. The Balaban J connectivity index is 1.21. The lowest BCUT2D eigenvalue weighted by atomic mass is 9.93. The van der Waals surface area contributed by atoms with Gasteiger partial charge in [0.25, 0.3) is 5.91 Å². The molecule has 10 nitrogen and oxygen atoms in total. The van der Waals surface area contributed by atoms with Crippen LogP contribution in [0.4, 0.5) is 10.1 Å². The number of carboxylic acids is 1. The van der Waals surface area contributed by atoms with Crippen LogP contribution in [0.15, 0.2) is 60.9 Å². The lowest BCUT2D eigenvalue weighted by Gasteiger charge is -2.31. The van der Waals surface area contributed by atoms with Gasteiger partial charge < -0.3 is 25.8 Å². The molecule has 1 atom stereocenters. The number of amides is 2. The number of benzene rings is 3. The topological polar surface area (TPSA) is 140 Å². The van der Waals surface area contributed by atoms with Gasteiger partial charge in [0, 0.05) is 53.1 Å². The van der Waals surface area contributed by atoms with Gasteiger partial charge in [-0.1, -0.05) is 35.9 Å². The molecule has 4 N–H and O–H groups in total. The van der Waals surface area contributed by atoms with Crippen LogP contribution in [0.5, 0.6) is 5.75 Å². The normalized spacial score (nSPS) is 13.1. The molecule has 1 aliphatic heterocycles. The quantitative estimate of drug-likeness (QED) is 0.137. The lowest BCUT2D eigenvalue weighted by Crippen LogP contribution is -2.35. The van der Waals surface area contributed by atoms with E-state index in [9.17, 15) is 14.4 Å². The van der Waals surface area contributed by atoms with Crippen LogP contribution in [-0.2, 0) is 22.6 Å². The Morgan fingerprint density at radius 3 is 2.71 bits per heavy atom. The molecule has 3 aromatic carbocycles. The molecule has 258 valence electrons. The van der Waals surface area contributed by atoms with Crippen molar-refractivity contribution in [2.24, 2.45) is 5.73 Å². The molecule has 49 heavy (non-hydrogen) atoms. The molecule has 1 aliphatic rings. The third kappa shape index (κ3) is 8.65. The summed E-state index contributed by atoms with van der Waals surface area (Å²) < 4.78 is 22.8. The highest BCUT2D eigenvalue weighted by molar-refractivity contribution is 6.31. The number of aryl methyl sites for hydroxylation is 1. The summed E-state index contributed by atoms with van der Waals surface area (Å²) in [5, 5.41) is 16.1. The SMILES string of the molecule is Cc1cccc(OCCCC(=O)N2CCCc3c(-c4cnn(Cc5c(F)cc(C(=O)NCCC[C@H](N)C(=O)O)cc5Cl)c4)cccc32)c1C. The summed E-state index contributed by atoms with van der Waals surface area (Å²) in [7, 11) is 0. The molecule has 4 aromatic rings. The monoisotopic (exact) mass is 689 g/mol. The molecule has 2 amide bonds. The molecule has 2 heterocycles. The summed E-state index contributed by atoms with van der Waals surface area (Å²) in [5.41, 5.74) is 11.8. The van der Waals surface area contributed by atoms with Gasteiger partial charge in [0.15, 0.2) is 0 Å². The van der Waals surface area contributed by atoms with E-state index in [4.69, 9.17) is 27.2 Å². The van der Waals surface area contributed by atoms with E-state index in [2.05, 4.69) is 10.4 Å². The van der Waals surface area contributed by atoms with Gasteiger partial charge in [0.2, 0.25) is 5.91 Å². The Morgan fingerprint density at radius 1 is 1.14 bits per heavy atom. The minimum atomic E-state index is -1.11. The van der Waals surface area contributed by atoms with Gasteiger partial charge >= 0.3 is 5.97 Å². The van der Waals surface area contributed by atoms with E-state index in [1.54, 1.807) is 10.9 Å². The van der Waals surface area contributed by atoms with Crippen molar-refractivity contribution < 1.29 is 28.6 Å². The predicted octanol–water partition coefficient (Wildman–Crippen LogP) is 6.07. The van der Waals surface area contributed by atoms with E-state index >= 15 is 4.39 Å². The lowest BCUT2D eigenvalue weighted by molar-refractivity contribution is -0.138. The van der Waals surface area contributed by atoms with Gasteiger partial charge in [0.05, 0.1) is 19.3 Å². The fourth-order valence-electron chi connectivity index (χ4n) is 5.96. The van der Waals surface area contributed by atoms with Crippen LogP contribution in [0, 0.1) is 19.7 Å². The molecule has 5 rings (SSSR count). The average molecular weight is 690 g/mol. The van der Waals surface area contributed by atoms with E-state index < -0.39 is 23.7 Å². The minimum absolute atomic E-state index is 0.0451. The van der Waals surface area contributed by atoms with Crippen LogP contribution < -0.4 is 20.7 Å². The van der Waals surface area contributed by atoms with Crippen molar-refractivity contribution in [2.75, 3.05) is 24.6 Å². The van der Waals surface area contributed by atoms with Gasteiger partial charge in [-0.15, -0.1) is 0 Å². The van der Waals surface area contributed by atoms with Crippen LogP contribution in [0.2, 0.25) is 5.02 Å². The average Bonchev–Trinajstić information content (AvgIpc) is 3.55. The van der Waals surface area contributed by atoms with Gasteiger partial charge in [-0.3, -0.25) is 19.1 Å². The summed E-state index contributed by atoms with van der Waals surface area (Å²) in [6.07, 6.45) is 6.72. The van der Waals surface area contributed by atoms with Crippen molar-refractivity contribution in [2.45, 2.75) is 65.0 Å². The Kier molecular flexibility index (Phi) is 11.7. The zero-order valence-corrected chi connectivity index (χ0v) is 28.4. The number of ether oxygens (including phenoxy) is 1. The fraction of sp³-hybridized carbons (Fsp3) is 0.351. The molecule has 0 saturated heterocycles. The molecule has 0 radical (unpaired) electrons. The molecular formula is C37H41ClFN5O5. The minimum Gasteiger partial charge on any atom is -0.493 e. The van der Waals surface area contributed by atoms with Crippen molar-refractivity contribution >= 4 is 35.1 Å². The van der Waals surface area contributed by atoms with Crippen LogP contribution in [0.3, 0.4) is 0 Å². The number of carbonyl (C=O) groups excluding carboxylic acids is 2. The molecular weight excluding hydrogens is 649 g/mol. The van der Waals surface area contributed by atoms with Crippen molar-refractivity contribution in [3.8, 4) is 16.9 Å². The molecule has 0 bridgehead atoms. The first kappa shape index (κ1) is 35.6. The molecule has 0 spiro atoms. The Labute approximate surface area is 290 Å². The van der Waals surface area contributed by atoms with Gasteiger partial charge in [-0.25, -0.2) is 4.39 Å². The van der Waals surface area contributed by atoms with Crippen molar-refractivity contribution in [3.63, 3.8) is 0 Å². The Bertz CT molecular complexity index is 1820. The highest BCUT2D eigenvalue weighted by Gasteiger charge is 2.25. The standard InChI is InChI=1S/C37H41ClFN5O5/c1-23-8-3-13-34(24(23)2)49-17-7-14-35(45)44-16-6-10-28-27(9-4-12-33(28)44)26-20-42-43(21-26)22-29-30(38)18-25(19-31(29)39)36(46)41-15-5-11-32(40)37(47)48/h3-4,8-9,12-13,18-21,32H,5-7,10-11,14-17,22,40H2,1-2H3,(H,41,46)(H,47,48)/t32-/m0/s1. The second-order valence-electron chi connectivity index (χ2n) is 12.3.